The van der Waals surface area contributed by atoms with Crippen LogP contribution in [-0.4, -0.2) is 18.2 Å². The van der Waals surface area contributed by atoms with Crippen molar-refractivity contribution in [1.82, 2.24) is 5.32 Å². The zero-order valence-electron chi connectivity index (χ0n) is 8.00. The Morgan fingerprint density at radius 1 is 1.20 bits per heavy atom. The van der Waals surface area contributed by atoms with Crippen molar-refractivity contribution in [2.75, 3.05) is 6.54 Å². The van der Waals surface area contributed by atoms with Crippen molar-refractivity contribution in [1.29, 1.82) is 0 Å². The van der Waals surface area contributed by atoms with Gasteiger partial charge in [-0.25, -0.2) is 0 Å². The Morgan fingerprint density at radius 2 is 1.87 bits per heavy atom. The van der Waals surface area contributed by atoms with Crippen LogP contribution in [0.4, 0.5) is 0 Å². The maximum absolute atomic E-state index is 11.6. The normalized spacial score (nSPS) is 21.3. The molecule has 0 aromatic heterocycles. The molecule has 1 aromatic rings. The molecular formula is C11H10ClNO2. The maximum atomic E-state index is 11.6. The summed E-state index contributed by atoms with van der Waals surface area (Å²) in [6, 6.07) is 7.06. The molecule has 2 rings (SSSR count). The molecule has 1 aromatic carbocycles. The number of hydrogen-bond donors (Lipinski definition) is 1. The van der Waals surface area contributed by atoms with Gasteiger partial charge < -0.3 is 5.32 Å². The molecule has 1 fully saturated rings. The van der Waals surface area contributed by atoms with Crippen LogP contribution >= 0.6 is 11.6 Å². The van der Waals surface area contributed by atoms with Crippen LogP contribution in [0.15, 0.2) is 24.3 Å². The van der Waals surface area contributed by atoms with E-state index < -0.39 is 5.91 Å². The Morgan fingerprint density at radius 3 is 2.53 bits per heavy atom. The predicted octanol–water partition coefficient (Wildman–Crippen LogP) is 1.51. The molecule has 1 heterocycles. The monoisotopic (exact) mass is 223 g/mol. The number of piperidine rings is 1. The van der Waals surface area contributed by atoms with Gasteiger partial charge in [0, 0.05) is 11.6 Å². The van der Waals surface area contributed by atoms with E-state index in [0.29, 0.717) is 18.0 Å². The first-order valence-electron chi connectivity index (χ1n) is 4.76. The van der Waals surface area contributed by atoms with Crippen LogP contribution in [0.5, 0.6) is 0 Å². The molecular weight excluding hydrogens is 214 g/mol. The predicted molar refractivity (Wildman–Crippen MR) is 56.8 cm³/mol. The van der Waals surface area contributed by atoms with Crippen molar-refractivity contribution in [3.63, 3.8) is 0 Å². The van der Waals surface area contributed by atoms with Crippen LogP contribution in [0.1, 0.15) is 17.9 Å². The second-order valence-electron chi connectivity index (χ2n) is 3.51. The SMILES string of the molecule is O=C1NCCC(c2ccc(Cl)cc2)C1=O. The van der Waals surface area contributed by atoms with Crippen LogP contribution in [0.25, 0.3) is 0 Å². The zero-order valence-corrected chi connectivity index (χ0v) is 8.75. The van der Waals surface area contributed by atoms with Crippen molar-refractivity contribution in [3.8, 4) is 0 Å². The van der Waals surface area contributed by atoms with Gasteiger partial charge in [-0.15, -0.1) is 0 Å². The lowest BCUT2D eigenvalue weighted by Gasteiger charge is -2.20. The average molecular weight is 224 g/mol. The standard InChI is InChI=1S/C11H10ClNO2/c12-8-3-1-7(2-4-8)9-5-6-13-11(15)10(9)14/h1-4,9H,5-6H2,(H,13,15). The fourth-order valence-corrected chi connectivity index (χ4v) is 1.85. The molecule has 1 N–H and O–H groups in total. The van der Waals surface area contributed by atoms with Crippen LogP contribution in [0.3, 0.4) is 0 Å². The van der Waals surface area contributed by atoms with Gasteiger partial charge in [0.2, 0.25) is 5.78 Å². The molecule has 0 saturated carbocycles. The molecule has 0 radical (unpaired) electrons. The molecule has 4 heteroatoms. The highest BCUT2D eigenvalue weighted by molar-refractivity contribution is 6.38. The highest BCUT2D eigenvalue weighted by Crippen LogP contribution is 2.24. The number of ketones is 1. The Bertz CT molecular complexity index is 400. The average Bonchev–Trinajstić information content (AvgIpc) is 2.24. The van der Waals surface area contributed by atoms with Gasteiger partial charge >= 0.3 is 0 Å². The van der Waals surface area contributed by atoms with E-state index in [-0.39, 0.29) is 11.7 Å². The van der Waals surface area contributed by atoms with E-state index in [1.807, 2.05) is 0 Å². The first kappa shape index (κ1) is 10.2. The van der Waals surface area contributed by atoms with Gasteiger partial charge in [0.1, 0.15) is 0 Å². The lowest BCUT2D eigenvalue weighted by molar-refractivity contribution is -0.140. The van der Waals surface area contributed by atoms with E-state index in [2.05, 4.69) is 5.32 Å². The summed E-state index contributed by atoms with van der Waals surface area (Å²) in [4.78, 5) is 22.7. The number of nitrogens with one attached hydrogen (secondary N) is 1. The molecule has 3 nitrogen and oxygen atoms in total. The summed E-state index contributed by atoms with van der Waals surface area (Å²) in [7, 11) is 0. The molecule has 1 unspecified atom stereocenters. The topological polar surface area (TPSA) is 46.2 Å². The minimum Gasteiger partial charge on any atom is -0.349 e. The second kappa shape index (κ2) is 4.03. The summed E-state index contributed by atoms with van der Waals surface area (Å²) >= 11 is 5.75. The van der Waals surface area contributed by atoms with Crippen molar-refractivity contribution in [2.24, 2.45) is 0 Å². The smallest absolute Gasteiger partial charge is 0.288 e. The summed E-state index contributed by atoms with van der Waals surface area (Å²) in [6.45, 7) is 0.553. The summed E-state index contributed by atoms with van der Waals surface area (Å²) in [6.07, 6.45) is 0.659. The van der Waals surface area contributed by atoms with E-state index in [0.717, 1.165) is 5.56 Å². The second-order valence-corrected chi connectivity index (χ2v) is 3.95. The molecule has 1 aliphatic rings. The van der Waals surface area contributed by atoms with Gasteiger partial charge in [0.05, 0.1) is 5.92 Å². The fourth-order valence-electron chi connectivity index (χ4n) is 1.72. The Balaban J connectivity index is 2.26. The third-order valence-corrected chi connectivity index (χ3v) is 2.78. The number of amides is 1. The van der Waals surface area contributed by atoms with Gasteiger partial charge in [0.15, 0.2) is 0 Å². The minimum atomic E-state index is -0.485. The van der Waals surface area contributed by atoms with Crippen molar-refractivity contribution in [2.45, 2.75) is 12.3 Å². The van der Waals surface area contributed by atoms with E-state index in [1.54, 1.807) is 24.3 Å². The maximum Gasteiger partial charge on any atom is 0.288 e. The van der Waals surface area contributed by atoms with Gasteiger partial charge in [-0.1, -0.05) is 23.7 Å². The van der Waals surface area contributed by atoms with Gasteiger partial charge in [-0.05, 0) is 24.1 Å². The number of carbonyl (C=O) groups is 2. The Labute approximate surface area is 92.4 Å². The molecule has 0 spiro atoms. The van der Waals surface area contributed by atoms with Gasteiger partial charge in [-0.3, -0.25) is 9.59 Å². The molecule has 1 atom stereocenters. The zero-order chi connectivity index (χ0) is 10.8. The number of benzene rings is 1. The molecule has 15 heavy (non-hydrogen) atoms. The quantitative estimate of drug-likeness (QED) is 0.734. The molecule has 78 valence electrons. The minimum absolute atomic E-state index is 0.309. The van der Waals surface area contributed by atoms with E-state index in [9.17, 15) is 9.59 Å². The molecule has 0 aliphatic carbocycles. The summed E-state index contributed by atoms with van der Waals surface area (Å²) in [5.74, 6) is -1.15. The van der Waals surface area contributed by atoms with E-state index >= 15 is 0 Å². The first-order chi connectivity index (χ1) is 7.18. The van der Waals surface area contributed by atoms with Crippen LogP contribution in [0, 0.1) is 0 Å². The number of halogens is 1. The molecule has 0 bridgehead atoms. The number of hydrogen-bond acceptors (Lipinski definition) is 2. The van der Waals surface area contributed by atoms with Gasteiger partial charge in [0.25, 0.3) is 5.91 Å². The Hall–Kier alpha value is -1.35. The van der Waals surface area contributed by atoms with Crippen LogP contribution < -0.4 is 5.32 Å². The van der Waals surface area contributed by atoms with Crippen molar-refractivity contribution in [3.05, 3.63) is 34.9 Å². The number of rotatable bonds is 1. The van der Waals surface area contributed by atoms with E-state index in [1.165, 1.54) is 0 Å². The van der Waals surface area contributed by atoms with E-state index in [4.69, 9.17) is 11.6 Å². The van der Waals surface area contributed by atoms with Crippen molar-refractivity contribution >= 4 is 23.3 Å². The van der Waals surface area contributed by atoms with Crippen LogP contribution in [-0.2, 0) is 9.59 Å². The third-order valence-electron chi connectivity index (χ3n) is 2.53. The summed E-state index contributed by atoms with van der Waals surface area (Å²) in [5, 5.41) is 3.16. The third kappa shape index (κ3) is 2.02. The Kier molecular flexibility index (Phi) is 2.73. The lowest BCUT2D eigenvalue weighted by atomic mass is 9.89. The first-order valence-corrected chi connectivity index (χ1v) is 5.14. The molecule has 1 aliphatic heterocycles. The summed E-state index contributed by atoms with van der Waals surface area (Å²) in [5.41, 5.74) is 0.860. The molecule has 1 saturated heterocycles. The van der Waals surface area contributed by atoms with Crippen molar-refractivity contribution < 1.29 is 9.59 Å². The highest BCUT2D eigenvalue weighted by Gasteiger charge is 2.30. The highest BCUT2D eigenvalue weighted by atomic mass is 35.5. The summed E-state index contributed by atoms with van der Waals surface area (Å²) < 4.78 is 0. The number of carbonyl (C=O) groups excluding carboxylic acids is 2. The van der Waals surface area contributed by atoms with Crippen LogP contribution in [0.2, 0.25) is 5.02 Å². The molecule has 1 amide bonds. The number of Topliss-reactive ketones (excluding diaryl/α,β-unsaturated/α-hetero) is 1. The fraction of sp³-hybridized carbons (Fsp3) is 0.273. The lowest BCUT2D eigenvalue weighted by Crippen LogP contribution is -2.41. The van der Waals surface area contributed by atoms with Gasteiger partial charge in [-0.2, -0.15) is 0 Å². The largest absolute Gasteiger partial charge is 0.349 e.